The number of hydrogen-bond acceptors (Lipinski definition) is 11. The molecule has 0 spiro atoms. The lowest BCUT2D eigenvalue weighted by molar-refractivity contribution is -0.394. The zero-order chi connectivity index (χ0) is 34.3. The van der Waals surface area contributed by atoms with E-state index in [-0.39, 0.29) is 19.0 Å². The minimum atomic E-state index is -0.818. The second kappa shape index (κ2) is 17.9. The van der Waals surface area contributed by atoms with Crippen LogP contribution in [0, 0.1) is 31.6 Å². The molecule has 0 saturated heterocycles. The van der Waals surface area contributed by atoms with Gasteiger partial charge in [-0.05, 0) is 60.4 Å². The quantitative estimate of drug-likeness (QED) is 0.0304. The first-order valence-corrected chi connectivity index (χ1v) is 15.7. The molecule has 0 unspecified atom stereocenters. The number of ether oxygens (including phenoxy) is 5. The van der Waals surface area contributed by atoms with Gasteiger partial charge < -0.3 is 23.7 Å². The van der Waals surface area contributed by atoms with E-state index in [1.165, 1.54) is 0 Å². The molecular formula is C35H37N3O10. The minimum Gasteiger partial charge on any atom is -0.493 e. The zero-order valence-electron chi connectivity index (χ0n) is 26.7. The van der Waals surface area contributed by atoms with E-state index in [4.69, 9.17) is 23.7 Å². The number of non-ortho nitro benzene ring substituents is 2. The van der Waals surface area contributed by atoms with Gasteiger partial charge in [0.1, 0.15) is 0 Å². The molecule has 0 amide bonds. The Morgan fingerprint density at radius 3 is 2.04 bits per heavy atom. The number of benzene rings is 3. The van der Waals surface area contributed by atoms with Gasteiger partial charge in [0.2, 0.25) is 6.79 Å². The Kier molecular flexibility index (Phi) is 13.1. The van der Waals surface area contributed by atoms with E-state index in [0.29, 0.717) is 41.6 Å². The van der Waals surface area contributed by atoms with Crippen LogP contribution in [-0.4, -0.2) is 42.9 Å². The number of carbonyl (C=O) groups excluding carboxylic acids is 1. The molecule has 4 rings (SSSR count). The number of nitro benzene ring substituents is 2. The van der Waals surface area contributed by atoms with Crippen LogP contribution < -0.4 is 18.9 Å². The van der Waals surface area contributed by atoms with Gasteiger partial charge in [0, 0.05) is 12.1 Å². The average molecular weight is 660 g/mol. The largest absolute Gasteiger partial charge is 0.493 e. The second-order valence-electron chi connectivity index (χ2n) is 11.1. The molecule has 3 aromatic rings. The van der Waals surface area contributed by atoms with Crippen molar-refractivity contribution in [3.05, 3.63) is 91.5 Å². The van der Waals surface area contributed by atoms with Crippen LogP contribution in [0.4, 0.5) is 11.4 Å². The average Bonchev–Trinajstić information content (AvgIpc) is 3.57. The van der Waals surface area contributed by atoms with Crippen molar-refractivity contribution >= 4 is 29.0 Å². The smallest absolute Gasteiger partial charge is 0.338 e. The summed E-state index contributed by atoms with van der Waals surface area (Å²) in [4.78, 5) is 32.7. The van der Waals surface area contributed by atoms with Gasteiger partial charge in [0.05, 0.1) is 53.4 Å². The maximum absolute atomic E-state index is 12.2. The highest BCUT2D eigenvalue weighted by Crippen LogP contribution is 2.35. The van der Waals surface area contributed by atoms with Crippen molar-refractivity contribution in [2.75, 3.05) is 27.1 Å². The Morgan fingerprint density at radius 1 is 0.792 bits per heavy atom. The number of nitro groups is 2. The van der Waals surface area contributed by atoms with Gasteiger partial charge in [-0.3, -0.25) is 20.2 Å². The third kappa shape index (κ3) is 10.2. The van der Waals surface area contributed by atoms with E-state index in [1.807, 2.05) is 24.3 Å². The van der Waals surface area contributed by atoms with Crippen molar-refractivity contribution < 1.29 is 38.3 Å². The van der Waals surface area contributed by atoms with E-state index in [0.717, 1.165) is 80.7 Å². The molecule has 0 atom stereocenters. The molecule has 0 N–H and O–H groups in total. The summed E-state index contributed by atoms with van der Waals surface area (Å²) < 4.78 is 27.4. The number of nitrogens with zero attached hydrogens (tertiary/aromatic N) is 3. The van der Waals surface area contributed by atoms with Crippen molar-refractivity contribution in [2.24, 2.45) is 0 Å². The SMILES string of the molecule is COc1cc(C=C(C#N)c2ccc3c(c2)OCO3)ccc1OCCCCCCCCCCCOC(=O)c1cc([N+](=O)[O-])cc([N+](=O)[O-])c1. The molecule has 1 heterocycles. The fraction of sp³-hybridized carbons (Fsp3) is 0.371. The Hall–Kier alpha value is -5.64. The van der Waals surface area contributed by atoms with Crippen LogP contribution in [0.1, 0.15) is 79.3 Å². The fourth-order valence-corrected chi connectivity index (χ4v) is 5.10. The molecule has 252 valence electrons. The molecule has 1 aliphatic heterocycles. The summed E-state index contributed by atoms with van der Waals surface area (Å²) >= 11 is 0. The number of nitriles is 1. The Labute approximate surface area is 277 Å². The minimum absolute atomic E-state index is 0.140. The lowest BCUT2D eigenvalue weighted by atomic mass is 10.0. The van der Waals surface area contributed by atoms with Gasteiger partial charge in [-0.1, -0.05) is 51.0 Å². The summed E-state index contributed by atoms with van der Waals surface area (Å²) in [6.07, 6.45) is 10.6. The molecule has 0 fully saturated rings. The maximum atomic E-state index is 12.2. The number of methoxy groups -OCH3 is 1. The highest BCUT2D eigenvalue weighted by Gasteiger charge is 2.21. The van der Waals surface area contributed by atoms with E-state index in [2.05, 4.69) is 6.07 Å². The zero-order valence-corrected chi connectivity index (χ0v) is 26.7. The molecule has 0 saturated carbocycles. The van der Waals surface area contributed by atoms with Crippen LogP contribution in [0.15, 0.2) is 54.6 Å². The van der Waals surface area contributed by atoms with Crippen LogP contribution in [0.2, 0.25) is 0 Å². The highest BCUT2D eigenvalue weighted by molar-refractivity contribution is 5.91. The van der Waals surface area contributed by atoms with Crippen molar-refractivity contribution in [3.63, 3.8) is 0 Å². The molecule has 1 aliphatic rings. The highest BCUT2D eigenvalue weighted by atomic mass is 16.7. The van der Waals surface area contributed by atoms with E-state index >= 15 is 0 Å². The fourth-order valence-electron chi connectivity index (χ4n) is 5.10. The summed E-state index contributed by atoms with van der Waals surface area (Å²) in [7, 11) is 1.58. The third-order valence-corrected chi connectivity index (χ3v) is 7.64. The lowest BCUT2D eigenvalue weighted by Crippen LogP contribution is -2.08. The van der Waals surface area contributed by atoms with Gasteiger partial charge in [-0.2, -0.15) is 5.26 Å². The number of carbonyl (C=O) groups is 1. The Balaban J connectivity index is 1.07. The first kappa shape index (κ1) is 35.2. The molecule has 3 aromatic carbocycles. The normalized spacial score (nSPS) is 11.9. The maximum Gasteiger partial charge on any atom is 0.338 e. The summed E-state index contributed by atoms with van der Waals surface area (Å²) in [5.41, 5.74) is 0.753. The second-order valence-corrected chi connectivity index (χ2v) is 11.1. The van der Waals surface area contributed by atoms with E-state index in [1.54, 1.807) is 25.3 Å². The number of allylic oxidation sites excluding steroid dienone is 1. The number of rotatable bonds is 19. The first-order valence-electron chi connectivity index (χ1n) is 15.7. The predicted molar refractivity (Wildman–Crippen MR) is 176 cm³/mol. The Morgan fingerprint density at radius 2 is 1.42 bits per heavy atom. The summed E-state index contributed by atoms with van der Waals surface area (Å²) in [5.74, 6) is 1.70. The van der Waals surface area contributed by atoms with Gasteiger partial charge in [-0.25, -0.2) is 4.79 Å². The van der Waals surface area contributed by atoms with E-state index < -0.39 is 27.2 Å². The monoisotopic (exact) mass is 659 g/mol. The standard InChI is InChI=1S/C35H37N3O10/c1-44-33-18-25(17-28(23-36)26-12-14-32-34(21-26)48-24-47-32)11-13-31(33)45-15-9-7-5-3-2-4-6-8-10-16-46-35(39)27-19-29(37(40)41)22-30(20-27)38(42)43/h11-14,17-22H,2-10,15-16,24H2,1H3. The number of fused-ring (bicyclic) bond motifs is 1. The van der Waals surface area contributed by atoms with Crippen LogP contribution in [0.5, 0.6) is 23.0 Å². The Bertz CT molecular complexity index is 1650. The molecule has 48 heavy (non-hydrogen) atoms. The summed E-state index contributed by atoms with van der Waals surface area (Å²) in [5, 5.41) is 31.7. The van der Waals surface area contributed by atoms with Crippen molar-refractivity contribution in [2.45, 2.75) is 57.8 Å². The molecular weight excluding hydrogens is 622 g/mol. The van der Waals surface area contributed by atoms with Gasteiger partial charge in [0.15, 0.2) is 23.0 Å². The molecule has 13 heteroatoms. The van der Waals surface area contributed by atoms with Crippen molar-refractivity contribution in [1.82, 2.24) is 0 Å². The molecule has 0 aromatic heterocycles. The van der Waals surface area contributed by atoms with Crippen LogP contribution >= 0.6 is 0 Å². The number of hydrogen-bond donors (Lipinski definition) is 0. The molecule has 0 radical (unpaired) electrons. The van der Waals surface area contributed by atoms with Gasteiger partial charge >= 0.3 is 5.97 Å². The van der Waals surface area contributed by atoms with Gasteiger partial charge in [-0.15, -0.1) is 0 Å². The molecule has 0 aliphatic carbocycles. The number of esters is 1. The van der Waals surface area contributed by atoms with Crippen LogP contribution in [0.3, 0.4) is 0 Å². The topological polar surface area (TPSA) is 173 Å². The van der Waals surface area contributed by atoms with E-state index in [9.17, 15) is 30.3 Å². The first-order chi connectivity index (χ1) is 23.3. The summed E-state index contributed by atoms with van der Waals surface area (Å²) in [6, 6.07) is 16.0. The molecule has 13 nitrogen and oxygen atoms in total. The third-order valence-electron chi connectivity index (χ3n) is 7.64. The lowest BCUT2D eigenvalue weighted by Gasteiger charge is -2.11. The van der Waals surface area contributed by atoms with Crippen molar-refractivity contribution in [1.29, 1.82) is 5.26 Å². The summed E-state index contributed by atoms with van der Waals surface area (Å²) in [6.45, 7) is 0.876. The van der Waals surface area contributed by atoms with Crippen LogP contribution in [-0.2, 0) is 4.74 Å². The van der Waals surface area contributed by atoms with Gasteiger partial charge in [0.25, 0.3) is 11.4 Å². The van der Waals surface area contributed by atoms with Crippen molar-refractivity contribution in [3.8, 4) is 29.1 Å². The predicted octanol–water partition coefficient (Wildman–Crippen LogP) is 8.05. The molecule has 0 bridgehead atoms. The van der Waals surface area contributed by atoms with Crippen LogP contribution in [0.25, 0.3) is 11.6 Å². The number of unbranched alkanes of at least 4 members (excludes halogenated alkanes) is 8.